The van der Waals surface area contributed by atoms with Crippen molar-refractivity contribution in [3.05, 3.63) is 72.3 Å². The molecule has 36 heavy (non-hydrogen) atoms. The monoisotopic (exact) mass is 574 g/mol. The van der Waals surface area contributed by atoms with Gasteiger partial charge in [-0.1, -0.05) is 97.4 Å². The van der Waals surface area contributed by atoms with Crippen LogP contribution in [-0.2, 0) is 28.2 Å². The van der Waals surface area contributed by atoms with Gasteiger partial charge in [0.1, 0.15) is 18.1 Å². The van der Waals surface area contributed by atoms with Crippen LogP contribution in [0.25, 0.3) is 0 Å². The molecule has 2 saturated heterocycles. The van der Waals surface area contributed by atoms with Crippen molar-refractivity contribution in [2.75, 3.05) is 14.2 Å². The molecule has 4 rings (SSSR count). The fourth-order valence-corrected chi connectivity index (χ4v) is 11.0. The van der Waals surface area contributed by atoms with E-state index in [1.165, 1.54) is 20.3 Å². The number of ether oxygens (including phenoxy) is 3. The van der Waals surface area contributed by atoms with Gasteiger partial charge in [-0.2, -0.15) is 0 Å². The lowest BCUT2D eigenvalue weighted by atomic mass is 9.80. The third-order valence-corrected chi connectivity index (χ3v) is 13.2. The number of hydrogen-bond donors (Lipinski definition) is 1. The van der Waals surface area contributed by atoms with E-state index in [1.54, 1.807) is 0 Å². The SMILES string of the molecule is COC(=O)/C=C1/[C@@H](C(=O)OC)[C@@]2(O[Si](c3ccccc3)(c3ccccc3)C(C)(C)C)O[C@@H]1[C@@H](O)[C@H]2Br. The summed E-state index contributed by atoms with van der Waals surface area (Å²) in [5.74, 6) is -4.01. The molecule has 2 fully saturated rings. The number of hydrogen-bond acceptors (Lipinski definition) is 7. The van der Waals surface area contributed by atoms with Crippen LogP contribution in [0.5, 0.6) is 0 Å². The number of rotatable bonds is 6. The third-order valence-electron chi connectivity index (χ3n) is 7.02. The van der Waals surface area contributed by atoms with Gasteiger partial charge in [0.15, 0.2) is 5.79 Å². The summed E-state index contributed by atoms with van der Waals surface area (Å²) in [4.78, 5) is 24.8. The van der Waals surface area contributed by atoms with Crippen LogP contribution in [0, 0.1) is 5.92 Å². The number of aliphatic hydroxyl groups excluding tert-OH is 1. The zero-order valence-electron chi connectivity index (χ0n) is 20.9. The standard InChI is InChI=1S/C27H31BrO7Si/c1-26(2,3)36(17-12-8-6-9-13-17,18-14-10-7-11-15-18)35-27-21(25(31)33-5)19(16-20(29)32-4)23(34-27)22(30)24(27)28/h6-16,21-24,30H,1-5H3/b19-16-/t21-,22+,23-,24+,27-/m0/s1. The van der Waals surface area contributed by atoms with E-state index in [1.807, 2.05) is 60.7 Å². The van der Waals surface area contributed by atoms with Gasteiger partial charge in [0.2, 0.25) is 0 Å². The fraction of sp³-hybridized carbons (Fsp3) is 0.407. The van der Waals surface area contributed by atoms with Crippen LogP contribution in [0.2, 0.25) is 5.04 Å². The van der Waals surface area contributed by atoms with Crippen molar-refractivity contribution in [3.8, 4) is 0 Å². The highest BCUT2D eigenvalue weighted by molar-refractivity contribution is 9.09. The van der Waals surface area contributed by atoms with Crippen LogP contribution >= 0.6 is 15.9 Å². The molecule has 0 saturated carbocycles. The zero-order chi connectivity index (χ0) is 26.3. The molecule has 192 valence electrons. The molecule has 0 radical (unpaired) electrons. The molecule has 5 atom stereocenters. The van der Waals surface area contributed by atoms with Gasteiger partial charge in [-0.15, -0.1) is 0 Å². The molecule has 2 heterocycles. The maximum absolute atomic E-state index is 13.3. The highest BCUT2D eigenvalue weighted by Gasteiger charge is 2.73. The Bertz CT molecular complexity index is 1110. The Morgan fingerprint density at radius 3 is 1.97 bits per heavy atom. The second-order valence-electron chi connectivity index (χ2n) is 10.0. The lowest BCUT2D eigenvalue weighted by molar-refractivity contribution is -0.182. The van der Waals surface area contributed by atoms with Crippen LogP contribution in [0.1, 0.15) is 20.8 Å². The van der Waals surface area contributed by atoms with E-state index in [0.717, 1.165) is 10.4 Å². The van der Waals surface area contributed by atoms with E-state index >= 15 is 0 Å². The summed E-state index contributed by atoms with van der Waals surface area (Å²) in [6, 6.07) is 19.8. The minimum Gasteiger partial charge on any atom is -0.468 e. The van der Waals surface area contributed by atoms with Crippen LogP contribution in [0.15, 0.2) is 72.3 Å². The minimum atomic E-state index is -3.25. The summed E-state index contributed by atoms with van der Waals surface area (Å²) >= 11 is 3.60. The highest BCUT2D eigenvalue weighted by atomic mass is 79.9. The number of benzene rings is 2. The predicted octanol–water partition coefficient (Wildman–Crippen LogP) is 2.68. The molecule has 0 amide bonds. The minimum absolute atomic E-state index is 0.273. The lowest BCUT2D eigenvalue weighted by Crippen LogP contribution is -2.72. The van der Waals surface area contributed by atoms with Crippen molar-refractivity contribution in [1.82, 2.24) is 0 Å². The van der Waals surface area contributed by atoms with Crippen molar-refractivity contribution in [1.29, 1.82) is 0 Å². The quantitative estimate of drug-likeness (QED) is 0.245. The average Bonchev–Trinajstić information content (AvgIpc) is 3.32. The normalized spacial score (nSPS) is 28.8. The van der Waals surface area contributed by atoms with Crippen molar-refractivity contribution in [2.24, 2.45) is 5.92 Å². The molecule has 2 aliphatic heterocycles. The van der Waals surface area contributed by atoms with Crippen LogP contribution in [0.3, 0.4) is 0 Å². The van der Waals surface area contributed by atoms with E-state index in [4.69, 9.17) is 18.6 Å². The maximum Gasteiger partial charge on any atom is 0.330 e. The Labute approximate surface area is 220 Å². The van der Waals surface area contributed by atoms with Crippen molar-refractivity contribution < 1.29 is 33.3 Å². The number of methoxy groups -OCH3 is 2. The molecule has 1 N–H and O–H groups in total. The van der Waals surface area contributed by atoms with Crippen molar-refractivity contribution >= 4 is 46.6 Å². The zero-order valence-corrected chi connectivity index (χ0v) is 23.5. The molecular formula is C27H31BrO7Si. The maximum atomic E-state index is 13.3. The Morgan fingerprint density at radius 1 is 1.00 bits per heavy atom. The molecule has 0 unspecified atom stereocenters. The van der Waals surface area contributed by atoms with Gasteiger partial charge in [-0.3, -0.25) is 4.79 Å². The van der Waals surface area contributed by atoms with Gasteiger partial charge in [0.25, 0.3) is 8.32 Å². The van der Waals surface area contributed by atoms with Gasteiger partial charge in [-0.05, 0) is 21.0 Å². The van der Waals surface area contributed by atoms with Crippen LogP contribution in [-0.4, -0.2) is 62.4 Å². The Kier molecular flexibility index (Phi) is 7.33. The van der Waals surface area contributed by atoms with E-state index in [0.29, 0.717) is 0 Å². The first-order valence-electron chi connectivity index (χ1n) is 11.7. The Balaban J connectivity index is 2.00. The fourth-order valence-electron chi connectivity index (χ4n) is 5.42. The van der Waals surface area contributed by atoms with Crippen LogP contribution < -0.4 is 10.4 Å². The number of alkyl halides is 1. The second kappa shape index (κ2) is 9.87. The third kappa shape index (κ3) is 4.07. The Morgan fingerprint density at radius 2 is 1.53 bits per heavy atom. The van der Waals surface area contributed by atoms with E-state index in [-0.39, 0.29) is 5.57 Å². The summed E-state index contributed by atoms with van der Waals surface area (Å²) in [5, 5.41) is 12.7. The number of carbonyl (C=O) groups is 2. The lowest BCUT2D eigenvalue weighted by Gasteiger charge is -2.49. The molecule has 0 aromatic heterocycles. The number of aliphatic hydroxyl groups is 1. The van der Waals surface area contributed by atoms with E-state index in [2.05, 4.69) is 36.7 Å². The van der Waals surface area contributed by atoms with Gasteiger partial charge in [-0.25, -0.2) is 4.79 Å². The van der Waals surface area contributed by atoms with Crippen LogP contribution in [0.4, 0.5) is 0 Å². The van der Waals surface area contributed by atoms with Gasteiger partial charge in [0, 0.05) is 6.08 Å². The van der Waals surface area contributed by atoms with Gasteiger partial charge in [0.05, 0.1) is 19.0 Å². The first kappa shape index (κ1) is 26.8. The number of fused-ring (bicyclic) bond motifs is 2. The molecule has 7 nitrogen and oxygen atoms in total. The summed E-state index contributed by atoms with van der Waals surface area (Å²) in [6.07, 6.45) is -0.819. The largest absolute Gasteiger partial charge is 0.468 e. The molecule has 0 aliphatic carbocycles. The van der Waals surface area contributed by atoms with Crippen molar-refractivity contribution in [2.45, 2.75) is 48.6 Å². The predicted molar refractivity (Wildman–Crippen MR) is 141 cm³/mol. The molecule has 2 aliphatic rings. The smallest absolute Gasteiger partial charge is 0.330 e. The molecule has 2 aromatic carbocycles. The van der Waals surface area contributed by atoms with Crippen molar-refractivity contribution in [3.63, 3.8) is 0 Å². The number of halogens is 1. The van der Waals surface area contributed by atoms with E-state index in [9.17, 15) is 14.7 Å². The Hall–Kier alpha value is -2.30. The molecular weight excluding hydrogens is 544 g/mol. The molecule has 2 aromatic rings. The topological polar surface area (TPSA) is 91.3 Å². The summed E-state index contributed by atoms with van der Waals surface area (Å²) < 4.78 is 23.7. The summed E-state index contributed by atoms with van der Waals surface area (Å²) in [5.41, 5.74) is 0.273. The highest BCUT2D eigenvalue weighted by Crippen LogP contribution is 2.57. The second-order valence-corrected chi connectivity index (χ2v) is 15.2. The van der Waals surface area contributed by atoms with Gasteiger partial charge >= 0.3 is 11.9 Å². The summed E-state index contributed by atoms with van der Waals surface area (Å²) in [7, 11) is -0.721. The molecule has 9 heteroatoms. The van der Waals surface area contributed by atoms with E-state index < -0.39 is 54.0 Å². The molecule has 2 bridgehead atoms. The molecule has 0 spiro atoms. The number of esters is 2. The first-order valence-corrected chi connectivity index (χ1v) is 14.5. The summed E-state index contributed by atoms with van der Waals surface area (Å²) in [6.45, 7) is 6.32. The average molecular weight is 576 g/mol. The van der Waals surface area contributed by atoms with Gasteiger partial charge < -0.3 is 23.7 Å². The number of carbonyl (C=O) groups excluding carboxylic acids is 2. The first-order chi connectivity index (χ1) is 17.0.